The van der Waals surface area contributed by atoms with Gasteiger partial charge in [0.2, 0.25) is 0 Å². The fourth-order valence-corrected chi connectivity index (χ4v) is 5.30. The maximum absolute atomic E-state index is 13.0. The third-order valence-electron chi connectivity index (χ3n) is 6.81. The zero-order valence-electron chi connectivity index (χ0n) is 22.3. The highest BCUT2D eigenvalue weighted by Crippen LogP contribution is 2.30. The minimum Gasteiger partial charge on any atom is -0.366 e. The molecular formula is C33H26BrClN6O. The van der Waals surface area contributed by atoms with Crippen molar-refractivity contribution in [1.82, 2.24) is 19.9 Å². The molecule has 208 valence electrons. The first-order chi connectivity index (χ1) is 20.5. The molecule has 0 radical (unpaired) electrons. The fraction of sp³-hybridized carbons (Fsp3) is 0.0606. The number of nitrogens with one attached hydrogen (secondary N) is 3. The summed E-state index contributed by atoms with van der Waals surface area (Å²) in [6, 6.07) is 36.6. The number of aromatic nitrogens is 3. The second kappa shape index (κ2) is 12.5. The first-order valence-corrected chi connectivity index (χ1v) is 14.5. The standard InChI is InChI=1S/C33H26BrClN6O/c34-27-21-37-41-30(19-29(39-32(27)41)26-13-7-8-14-28(26)35)36-20-22-15-17-25(18-16-22)38-33(42)40-31(23-9-3-1-4-10-23)24-11-5-2-6-12-24/h1-19,21,31,36H,20H2,(H2,38,40,42). The summed E-state index contributed by atoms with van der Waals surface area (Å²) in [6.07, 6.45) is 1.72. The zero-order chi connectivity index (χ0) is 28.9. The predicted octanol–water partition coefficient (Wildman–Crippen LogP) is 8.34. The van der Waals surface area contributed by atoms with Gasteiger partial charge in [0.05, 0.1) is 22.4 Å². The Kier molecular flexibility index (Phi) is 8.16. The number of benzene rings is 4. The van der Waals surface area contributed by atoms with Crippen LogP contribution in [0.25, 0.3) is 16.9 Å². The number of hydrogen-bond acceptors (Lipinski definition) is 4. The molecule has 2 amide bonds. The first-order valence-electron chi connectivity index (χ1n) is 13.3. The molecule has 42 heavy (non-hydrogen) atoms. The maximum Gasteiger partial charge on any atom is 0.319 e. The highest BCUT2D eigenvalue weighted by Gasteiger charge is 2.17. The van der Waals surface area contributed by atoms with Crippen LogP contribution in [0, 0.1) is 0 Å². The molecule has 0 saturated carbocycles. The molecule has 0 bridgehead atoms. The highest BCUT2D eigenvalue weighted by molar-refractivity contribution is 9.10. The van der Waals surface area contributed by atoms with Crippen LogP contribution in [0.5, 0.6) is 0 Å². The van der Waals surface area contributed by atoms with Crippen molar-refractivity contribution >= 4 is 50.7 Å². The smallest absolute Gasteiger partial charge is 0.319 e. The number of rotatable bonds is 8. The number of hydrogen-bond donors (Lipinski definition) is 3. The van der Waals surface area contributed by atoms with Gasteiger partial charge in [-0.05, 0) is 50.8 Å². The summed E-state index contributed by atoms with van der Waals surface area (Å²) in [6.45, 7) is 0.537. The lowest BCUT2D eigenvalue weighted by molar-refractivity contribution is 0.250. The summed E-state index contributed by atoms with van der Waals surface area (Å²) in [4.78, 5) is 17.8. The number of halogens is 2. The number of carbonyl (C=O) groups excluding carboxylic acids is 1. The third kappa shape index (κ3) is 6.15. The summed E-state index contributed by atoms with van der Waals surface area (Å²) in [7, 11) is 0. The van der Waals surface area contributed by atoms with Gasteiger partial charge in [0.15, 0.2) is 5.65 Å². The Bertz CT molecular complexity index is 1790. The first kappa shape index (κ1) is 27.5. The zero-order valence-corrected chi connectivity index (χ0v) is 24.7. The Morgan fingerprint density at radius 2 is 1.50 bits per heavy atom. The van der Waals surface area contributed by atoms with Crippen LogP contribution >= 0.6 is 27.5 Å². The topological polar surface area (TPSA) is 83.3 Å². The van der Waals surface area contributed by atoms with E-state index in [1.54, 1.807) is 10.7 Å². The van der Waals surface area contributed by atoms with E-state index >= 15 is 0 Å². The Morgan fingerprint density at radius 3 is 2.17 bits per heavy atom. The largest absolute Gasteiger partial charge is 0.366 e. The Hall–Kier alpha value is -4.66. The van der Waals surface area contributed by atoms with Gasteiger partial charge < -0.3 is 16.0 Å². The number of nitrogens with zero attached hydrogens (tertiary/aromatic N) is 3. The SMILES string of the molecule is O=C(Nc1ccc(CNc2cc(-c3ccccc3Cl)nc3c(Br)cnn23)cc1)NC(c1ccccc1)c1ccccc1. The summed E-state index contributed by atoms with van der Waals surface area (Å²) in [5, 5.41) is 14.6. The molecule has 0 spiro atoms. The average molecular weight is 638 g/mol. The molecular weight excluding hydrogens is 612 g/mol. The Morgan fingerprint density at radius 1 is 0.857 bits per heavy atom. The van der Waals surface area contributed by atoms with Crippen LogP contribution < -0.4 is 16.0 Å². The van der Waals surface area contributed by atoms with Crippen molar-refractivity contribution in [2.24, 2.45) is 0 Å². The van der Waals surface area contributed by atoms with Gasteiger partial charge in [-0.2, -0.15) is 9.61 Å². The molecule has 0 unspecified atom stereocenters. The molecule has 6 rings (SSSR count). The van der Waals surface area contributed by atoms with Gasteiger partial charge in [0.1, 0.15) is 5.82 Å². The van der Waals surface area contributed by atoms with Crippen molar-refractivity contribution < 1.29 is 4.79 Å². The Labute approximate surface area is 256 Å². The number of carbonyl (C=O) groups is 1. The quantitative estimate of drug-likeness (QED) is 0.157. The van der Waals surface area contributed by atoms with E-state index in [1.165, 1.54) is 0 Å². The van der Waals surface area contributed by atoms with Crippen molar-refractivity contribution in [1.29, 1.82) is 0 Å². The highest BCUT2D eigenvalue weighted by atomic mass is 79.9. The number of anilines is 2. The predicted molar refractivity (Wildman–Crippen MR) is 172 cm³/mol. The fourth-order valence-electron chi connectivity index (χ4n) is 4.72. The monoisotopic (exact) mass is 636 g/mol. The van der Waals surface area contributed by atoms with E-state index in [0.29, 0.717) is 22.9 Å². The van der Waals surface area contributed by atoms with Crippen LogP contribution in [0.1, 0.15) is 22.7 Å². The van der Waals surface area contributed by atoms with E-state index in [1.807, 2.05) is 115 Å². The summed E-state index contributed by atoms with van der Waals surface area (Å²) in [5.41, 5.74) is 6.01. The van der Waals surface area contributed by atoms with Gasteiger partial charge in [0, 0.05) is 28.9 Å². The van der Waals surface area contributed by atoms with Crippen molar-refractivity contribution in [3.63, 3.8) is 0 Å². The van der Waals surface area contributed by atoms with Crippen LogP contribution in [-0.4, -0.2) is 20.6 Å². The minimum atomic E-state index is -0.283. The summed E-state index contributed by atoms with van der Waals surface area (Å²) >= 11 is 10.0. The maximum atomic E-state index is 13.0. The van der Waals surface area contributed by atoms with Crippen molar-refractivity contribution in [3.05, 3.63) is 148 Å². The van der Waals surface area contributed by atoms with Crippen LogP contribution in [0.15, 0.2) is 126 Å². The molecule has 3 N–H and O–H groups in total. The van der Waals surface area contributed by atoms with Crippen LogP contribution in [0.2, 0.25) is 5.02 Å². The minimum absolute atomic E-state index is 0.272. The van der Waals surface area contributed by atoms with Crippen molar-refractivity contribution in [2.45, 2.75) is 12.6 Å². The summed E-state index contributed by atoms with van der Waals surface area (Å²) in [5.74, 6) is 0.773. The molecule has 4 aromatic carbocycles. The van der Waals surface area contributed by atoms with E-state index in [-0.39, 0.29) is 12.1 Å². The molecule has 7 nitrogen and oxygen atoms in total. The molecule has 0 aliphatic heterocycles. The van der Waals surface area contributed by atoms with Crippen LogP contribution in [0.4, 0.5) is 16.3 Å². The molecule has 0 aliphatic carbocycles. The number of amides is 2. The molecule has 9 heteroatoms. The van der Waals surface area contributed by atoms with E-state index in [0.717, 1.165) is 38.2 Å². The molecule has 2 heterocycles. The lowest BCUT2D eigenvalue weighted by Gasteiger charge is -2.20. The molecule has 6 aromatic rings. The molecule has 0 fully saturated rings. The van der Waals surface area contributed by atoms with Crippen LogP contribution in [-0.2, 0) is 6.54 Å². The lowest BCUT2D eigenvalue weighted by Crippen LogP contribution is -2.33. The number of urea groups is 1. The molecule has 0 aliphatic rings. The second-order valence-electron chi connectivity index (χ2n) is 9.64. The van der Waals surface area contributed by atoms with Gasteiger partial charge in [-0.1, -0.05) is 103 Å². The third-order valence-corrected chi connectivity index (χ3v) is 7.69. The van der Waals surface area contributed by atoms with Crippen LogP contribution in [0.3, 0.4) is 0 Å². The van der Waals surface area contributed by atoms with Gasteiger partial charge in [-0.15, -0.1) is 0 Å². The van der Waals surface area contributed by atoms with Crippen molar-refractivity contribution in [2.75, 3.05) is 10.6 Å². The molecule has 0 saturated heterocycles. The second-order valence-corrected chi connectivity index (χ2v) is 10.9. The van der Waals surface area contributed by atoms with Gasteiger partial charge in [-0.25, -0.2) is 9.78 Å². The van der Waals surface area contributed by atoms with Gasteiger partial charge >= 0.3 is 6.03 Å². The van der Waals surface area contributed by atoms with Gasteiger partial charge in [0.25, 0.3) is 0 Å². The number of fused-ring (bicyclic) bond motifs is 1. The average Bonchev–Trinajstić information content (AvgIpc) is 3.41. The van der Waals surface area contributed by atoms with Crippen molar-refractivity contribution in [3.8, 4) is 11.3 Å². The lowest BCUT2D eigenvalue weighted by atomic mass is 9.99. The van der Waals surface area contributed by atoms with Gasteiger partial charge in [-0.3, -0.25) is 0 Å². The normalized spacial score (nSPS) is 11.0. The van der Waals surface area contributed by atoms with E-state index in [9.17, 15) is 4.79 Å². The van der Waals surface area contributed by atoms with E-state index in [2.05, 4.69) is 37.0 Å². The van der Waals surface area contributed by atoms with E-state index < -0.39 is 0 Å². The Balaban J connectivity index is 1.15. The molecule has 0 atom stereocenters. The summed E-state index contributed by atoms with van der Waals surface area (Å²) < 4.78 is 2.54. The molecule has 2 aromatic heterocycles. The van der Waals surface area contributed by atoms with E-state index in [4.69, 9.17) is 16.6 Å².